The maximum Gasteiger partial charge on any atom is 0.115 e. The first-order chi connectivity index (χ1) is 5.93. The van der Waals surface area contributed by atoms with E-state index in [1.54, 1.807) is 12.5 Å². The molecule has 0 atom stereocenters. The van der Waals surface area contributed by atoms with Gasteiger partial charge in [0.05, 0.1) is 0 Å². The molecule has 0 fully saturated rings. The number of aromatic nitrogens is 2. The average molecular weight is 189 g/mol. The van der Waals surface area contributed by atoms with Crippen LogP contribution in [0.5, 0.6) is 0 Å². The fraction of sp³-hybridized carbons (Fsp3) is 0.556. The van der Waals surface area contributed by atoms with Crippen molar-refractivity contribution in [2.75, 3.05) is 6.38 Å². The molecule has 0 radical (unpaired) electrons. The monoisotopic (exact) mass is 188 g/mol. The first-order valence-corrected chi connectivity index (χ1v) is 4.81. The van der Waals surface area contributed by atoms with Crippen molar-refractivity contribution in [3.05, 3.63) is 24.3 Å². The molecule has 0 spiro atoms. The van der Waals surface area contributed by atoms with E-state index in [0.717, 1.165) is 12.1 Å². The van der Waals surface area contributed by atoms with Gasteiger partial charge in [-0.2, -0.15) is 0 Å². The molecule has 1 heterocycles. The molecule has 0 saturated carbocycles. The summed E-state index contributed by atoms with van der Waals surface area (Å²) in [4.78, 5) is 7.77. The topological polar surface area (TPSA) is 25.8 Å². The molecule has 0 unspecified atom stereocenters. The van der Waals surface area contributed by atoms with Crippen LogP contribution in [0.4, 0.5) is 0 Å². The predicted octanol–water partition coefficient (Wildman–Crippen LogP) is 2.92. The number of hydrogen-bond donors (Lipinski definition) is 0. The SMILES string of the molecule is CC.CCc1ccncn1.CCl. The van der Waals surface area contributed by atoms with Crippen molar-refractivity contribution in [1.29, 1.82) is 0 Å². The Balaban J connectivity index is 0. The fourth-order valence-electron chi connectivity index (χ4n) is 0.527. The molecule has 0 aliphatic heterocycles. The lowest BCUT2D eigenvalue weighted by Crippen LogP contribution is -1.84. The van der Waals surface area contributed by atoms with Gasteiger partial charge in [0.2, 0.25) is 0 Å². The number of nitrogens with zero attached hydrogens (tertiary/aromatic N) is 2. The lowest BCUT2D eigenvalue weighted by atomic mass is 10.3. The van der Waals surface area contributed by atoms with Gasteiger partial charge in [-0.25, -0.2) is 9.97 Å². The maximum atomic E-state index is 4.64. The van der Waals surface area contributed by atoms with Gasteiger partial charge >= 0.3 is 0 Å². The van der Waals surface area contributed by atoms with E-state index in [2.05, 4.69) is 28.5 Å². The summed E-state index contributed by atoms with van der Waals surface area (Å²) < 4.78 is 0. The second kappa shape index (κ2) is 13.0. The van der Waals surface area contributed by atoms with Crippen molar-refractivity contribution in [2.24, 2.45) is 0 Å². The lowest BCUT2D eigenvalue weighted by Gasteiger charge is -1.88. The van der Waals surface area contributed by atoms with Crippen LogP contribution in [0, 0.1) is 0 Å². The van der Waals surface area contributed by atoms with E-state index in [1.165, 1.54) is 6.38 Å². The van der Waals surface area contributed by atoms with Crippen molar-refractivity contribution in [3.63, 3.8) is 0 Å². The standard InChI is InChI=1S/C6H8N2.C2H6.CH3Cl/c1-2-6-3-4-7-5-8-6;2*1-2/h3-5H,2H2,1H3;1-2H3;1H3. The Kier molecular flexibility index (Phi) is 15.1. The summed E-state index contributed by atoms with van der Waals surface area (Å²) in [5, 5.41) is 0. The van der Waals surface area contributed by atoms with Crippen LogP contribution in [0.3, 0.4) is 0 Å². The minimum absolute atomic E-state index is 0.989. The lowest BCUT2D eigenvalue weighted by molar-refractivity contribution is 0.998. The molecular weight excluding hydrogens is 172 g/mol. The van der Waals surface area contributed by atoms with Crippen LogP contribution in [-0.2, 0) is 6.42 Å². The molecule has 2 nitrogen and oxygen atoms in total. The zero-order valence-corrected chi connectivity index (χ0v) is 8.97. The molecule has 0 aliphatic carbocycles. The van der Waals surface area contributed by atoms with Gasteiger partial charge in [0.25, 0.3) is 0 Å². The summed E-state index contributed by atoms with van der Waals surface area (Å²) in [6.07, 6.45) is 5.78. The van der Waals surface area contributed by atoms with E-state index in [4.69, 9.17) is 0 Å². The molecule has 1 aromatic heterocycles. The van der Waals surface area contributed by atoms with E-state index < -0.39 is 0 Å². The van der Waals surface area contributed by atoms with Crippen LogP contribution in [0.25, 0.3) is 0 Å². The zero-order valence-electron chi connectivity index (χ0n) is 8.21. The normalized spacial score (nSPS) is 7.08. The van der Waals surface area contributed by atoms with E-state index in [1.807, 2.05) is 19.9 Å². The highest BCUT2D eigenvalue weighted by Gasteiger charge is 1.82. The molecule has 0 aliphatic rings. The minimum atomic E-state index is 0.989. The Morgan fingerprint density at radius 2 is 1.92 bits per heavy atom. The second-order valence-electron chi connectivity index (χ2n) is 1.55. The summed E-state index contributed by atoms with van der Waals surface area (Å²) in [6, 6.07) is 1.92. The molecule has 1 aromatic rings. The molecular formula is C9H17ClN2. The third-order valence-corrected chi connectivity index (χ3v) is 1.01. The Labute approximate surface area is 80.0 Å². The van der Waals surface area contributed by atoms with Gasteiger partial charge in [-0.05, 0) is 12.5 Å². The highest BCUT2D eigenvalue weighted by atomic mass is 35.5. The van der Waals surface area contributed by atoms with Gasteiger partial charge in [-0.1, -0.05) is 20.8 Å². The third-order valence-electron chi connectivity index (χ3n) is 1.01. The maximum absolute atomic E-state index is 4.64. The van der Waals surface area contributed by atoms with E-state index in [0.29, 0.717) is 0 Å². The zero-order chi connectivity index (χ0) is 9.82. The molecule has 0 bridgehead atoms. The first kappa shape index (κ1) is 13.9. The summed E-state index contributed by atoms with van der Waals surface area (Å²) in [6.45, 7) is 6.07. The third kappa shape index (κ3) is 7.48. The van der Waals surface area contributed by atoms with Crippen molar-refractivity contribution < 1.29 is 0 Å². The van der Waals surface area contributed by atoms with Crippen LogP contribution < -0.4 is 0 Å². The number of alkyl halides is 1. The summed E-state index contributed by atoms with van der Waals surface area (Å²) in [5.41, 5.74) is 1.10. The molecule has 0 saturated heterocycles. The summed E-state index contributed by atoms with van der Waals surface area (Å²) in [7, 11) is 0. The average Bonchev–Trinajstić information content (AvgIpc) is 2.25. The van der Waals surface area contributed by atoms with Gasteiger partial charge in [0.15, 0.2) is 0 Å². The second-order valence-corrected chi connectivity index (χ2v) is 1.55. The highest BCUT2D eigenvalue weighted by Crippen LogP contribution is 1.88. The van der Waals surface area contributed by atoms with Gasteiger partial charge in [0.1, 0.15) is 6.33 Å². The fourth-order valence-corrected chi connectivity index (χ4v) is 0.527. The first-order valence-electron chi connectivity index (χ1n) is 4.06. The van der Waals surface area contributed by atoms with Crippen LogP contribution >= 0.6 is 11.6 Å². The van der Waals surface area contributed by atoms with Crippen LogP contribution in [0.1, 0.15) is 26.5 Å². The molecule has 12 heavy (non-hydrogen) atoms. The van der Waals surface area contributed by atoms with E-state index in [-0.39, 0.29) is 0 Å². The highest BCUT2D eigenvalue weighted by molar-refractivity contribution is 6.15. The van der Waals surface area contributed by atoms with Gasteiger partial charge in [-0.15, -0.1) is 11.6 Å². The smallest absolute Gasteiger partial charge is 0.115 e. The predicted molar refractivity (Wildman–Crippen MR) is 54.5 cm³/mol. The molecule has 0 aromatic carbocycles. The van der Waals surface area contributed by atoms with Crippen LogP contribution in [0.15, 0.2) is 18.6 Å². The number of aryl methyl sites for hydroxylation is 1. The van der Waals surface area contributed by atoms with Crippen molar-refractivity contribution >= 4 is 11.6 Å². The quantitative estimate of drug-likeness (QED) is 0.634. The van der Waals surface area contributed by atoms with Crippen molar-refractivity contribution in [2.45, 2.75) is 27.2 Å². The molecule has 1 rings (SSSR count). The van der Waals surface area contributed by atoms with Gasteiger partial charge < -0.3 is 0 Å². The van der Waals surface area contributed by atoms with Crippen molar-refractivity contribution in [3.8, 4) is 0 Å². The number of halogens is 1. The van der Waals surface area contributed by atoms with Gasteiger partial charge in [0, 0.05) is 18.3 Å². The molecule has 70 valence electrons. The van der Waals surface area contributed by atoms with Crippen LogP contribution in [-0.4, -0.2) is 16.4 Å². The Morgan fingerprint density at radius 3 is 2.17 bits per heavy atom. The Bertz CT molecular complexity index is 154. The van der Waals surface area contributed by atoms with E-state index in [9.17, 15) is 0 Å². The molecule has 3 heteroatoms. The van der Waals surface area contributed by atoms with Crippen LogP contribution in [0.2, 0.25) is 0 Å². The van der Waals surface area contributed by atoms with Gasteiger partial charge in [-0.3, -0.25) is 0 Å². The number of rotatable bonds is 1. The molecule has 0 N–H and O–H groups in total. The van der Waals surface area contributed by atoms with E-state index >= 15 is 0 Å². The minimum Gasteiger partial charge on any atom is -0.245 e. The summed E-state index contributed by atoms with van der Waals surface area (Å²) in [5.74, 6) is 0. The number of hydrogen-bond acceptors (Lipinski definition) is 2. The van der Waals surface area contributed by atoms with Crippen molar-refractivity contribution in [1.82, 2.24) is 9.97 Å². The largest absolute Gasteiger partial charge is 0.245 e. The Morgan fingerprint density at radius 1 is 1.33 bits per heavy atom. The summed E-state index contributed by atoms with van der Waals surface area (Å²) >= 11 is 4.64. The Hall–Kier alpha value is -0.630. The molecule has 0 amide bonds.